The van der Waals surface area contributed by atoms with Crippen LogP contribution in [0.1, 0.15) is 57.7 Å². The van der Waals surface area contributed by atoms with E-state index in [-0.39, 0.29) is 0 Å². The first kappa shape index (κ1) is 14.3. The minimum absolute atomic E-state index is 0.477. The molecule has 0 aliphatic heterocycles. The summed E-state index contributed by atoms with van der Waals surface area (Å²) < 4.78 is 0. The molecule has 1 fully saturated rings. The first-order chi connectivity index (χ1) is 8.97. The molecule has 1 aromatic heterocycles. The molecule has 0 unspecified atom stereocenters. The van der Waals surface area contributed by atoms with Crippen LogP contribution in [0.15, 0.2) is 12.1 Å². The minimum Gasteiger partial charge on any atom is -0.357 e. The SMILES string of the molecule is CC(C)NCc1cc(C(C)C)nc(N(C)C2CC2)c1. The van der Waals surface area contributed by atoms with Crippen LogP contribution in [0.5, 0.6) is 0 Å². The lowest BCUT2D eigenvalue weighted by Crippen LogP contribution is -2.24. The quantitative estimate of drug-likeness (QED) is 0.851. The molecule has 3 heteroatoms. The second-order valence-corrected chi connectivity index (χ2v) is 6.29. The van der Waals surface area contributed by atoms with Crippen LogP contribution in [-0.2, 0) is 6.54 Å². The van der Waals surface area contributed by atoms with Crippen molar-refractivity contribution in [3.8, 4) is 0 Å². The predicted octanol–water partition coefficient (Wildman–Crippen LogP) is 3.30. The molecule has 0 atom stereocenters. The van der Waals surface area contributed by atoms with Gasteiger partial charge < -0.3 is 10.2 Å². The highest BCUT2D eigenvalue weighted by atomic mass is 15.2. The summed E-state index contributed by atoms with van der Waals surface area (Å²) in [5.41, 5.74) is 2.54. The smallest absolute Gasteiger partial charge is 0.129 e. The summed E-state index contributed by atoms with van der Waals surface area (Å²) in [7, 11) is 2.17. The first-order valence-electron chi connectivity index (χ1n) is 7.44. The van der Waals surface area contributed by atoms with E-state index in [0.717, 1.165) is 12.4 Å². The van der Waals surface area contributed by atoms with E-state index in [1.54, 1.807) is 0 Å². The molecule has 0 amide bonds. The van der Waals surface area contributed by atoms with Gasteiger partial charge in [0.2, 0.25) is 0 Å². The Morgan fingerprint density at radius 3 is 2.47 bits per heavy atom. The Balaban J connectivity index is 2.21. The van der Waals surface area contributed by atoms with Crippen molar-refractivity contribution < 1.29 is 0 Å². The summed E-state index contributed by atoms with van der Waals surface area (Å²) in [5, 5.41) is 3.49. The zero-order valence-corrected chi connectivity index (χ0v) is 12.9. The van der Waals surface area contributed by atoms with Crippen molar-refractivity contribution in [3.05, 3.63) is 23.4 Å². The molecule has 0 radical (unpaired) electrons. The van der Waals surface area contributed by atoms with Gasteiger partial charge in [-0.05, 0) is 36.5 Å². The van der Waals surface area contributed by atoms with Gasteiger partial charge in [0, 0.05) is 31.4 Å². The van der Waals surface area contributed by atoms with Crippen LogP contribution < -0.4 is 10.2 Å². The van der Waals surface area contributed by atoms with E-state index in [4.69, 9.17) is 4.98 Å². The summed E-state index contributed by atoms with van der Waals surface area (Å²) in [4.78, 5) is 7.16. The fraction of sp³-hybridized carbons (Fsp3) is 0.688. The third-order valence-corrected chi connectivity index (χ3v) is 3.65. The molecule has 2 rings (SSSR count). The van der Waals surface area contributed by atoms with Crippen molar-refractivity contribution in [2.45, 2.75) is 65.1 Å². The van der Waals surface area contributed by atoms with Crippen LogP contribution in [0.25, 0.3) is 0 Å². The minimum atomic E-state index is 0.477. The zero-order chi connectivity index (χ0) is 14.0. The largest absolute Gasteiger partial charge is 0.357 e. The predicted molar refractivity (Wildman–Crippen MR) is 81.7 cm³/mol. The lowest BCUT2D eigenvalue weighted by molar-refractivity contribution is 0.587. The van der Waals surface area contributed by atoms with Crippen LogP contribution >= 0.6 is 0 Å². The average molecular weight is 261 g/mol. The van der Waals surface area contributed by atoms with Crippen LogP contribution in [0.2, 0.25) is 0 Å². The van der Waals surface area contributed by atoms with E-state index in [0.29, 0.717) is 18.0 Å². The molecule has 1 aromatic rings. The van der Waals surface area contributed by atoms with Crippen molar-refractivity contribution >= 4 is 5.82 Å². The zero-order valence-electron chi connectivity index (χ0n) is 12.9. The maximum atomic E-state index is 4.82. The Morgan fingerprint density at radius 2 is 1.95 bits per heavy atom. The molecule has 3 nitrogen and oxygen atoms in total. The summed E-state index contributed by atoms with van der Waals surface area (Å²) in [5.74, 6) is 1.61. The van der Waals surface area contributed by atoms with Gasteiger partial charge in [0.05, 0.1) is 0 Å². The molecule has 1 N–H and O–H groups in total. The highest BCUT2D eigenvalue weighted by Crippen LogP contribution is 2.30. The molecular weight excluding hydrogens is 234 g/mol. The molecule has 0 bridgehead atoms. The lowest BCUT2D eigenvalue weighted by atomic mass is 10.1. The standard InChI is InChI=1S/C16H27N3/c1-11(2)15-8-13(10-17-12(3)4)9-16(18-15)19(5)14-6-7-14/h8-9,11-12,14,17H,6-7,10H2,1-5H3. The average Bonchev–Trinajstić information content (AvgIpc) is 3.19. The fourth-order valence-corrected chi connectivity index (χ4v) is 2.14. The van der Waals surface area contributed by atoms with Crippen LogP contribution in [-0.4, -0.2) is 24.1 Å². The fourth-order valence-electron chi connectivity index (χ4n) is 2.14. The van der Waals surface area contributed by atoms with Crippen LogP contribution in [0, 0.1) is 0 Å². The lowest BCUT2D eigenvalue weighted by Gasteiger charge is -2.21. The second kappa shape index (κ2) is 5.91. The van der Waals surface area contributed by atoms with Crippen molar-refractivity contribution in [2.24, 2.45) is 0 Å². The maximum Gasteiger partial charge on any atom is 0.129 e. The molecule has 1 heterocycles. The number of rotatable bonds is 6. The van der Waals surface area contributed by atoms with Gasteiger partial charge in [-0.3, -0.25) is 0 Å². The Hall–Kier alpha value is -1.09. The molecule has 106 valence electrons. The number of nitrogens with zero attached hydrogens (tertiary/aromatic N) is 2. The van der Waals surface area contributed by atoms with E-state index in [9.17, 15) is 0 Å². The van der Waals surface area contributed by atoms with E-state index in [2.05, 4.69) is 57.1 Å². The van der Waals surface area contributed by atoms with Crippen LogP contribution in [0.3, 0.4) is 0 Å². The van der Waals surface area contributed by atoms with Gasteiger partial charge in [0.1, 0.15) is 5.82 Å². The number of anilines is 1. The van der Waals surface area contributed by atoms with Crippen molar-refractivity contribution in [2.75, 3.05) is 11.9 Å². The molecule has 1 aliphatic carbocycles. The van der Waals surface area contributed by atoms with Gasteiger partial charge in [-0.1, -0.05) is 27.7 Å². The Morgan fingerprint density at radius 1 is 1.26 bits per heavy atom. The van der Waals surface area contributed by atoms with Crippen molar-refractivity contribution in [1.29, 1.82) is 0 Å². The summed E-state index contributed by atoms with van der Waals surface area (Å²) in [6, 6.07) is 5.70. The van der Waals surface area contributed by atoms with Gasteiger partial charge in [-0.25, -0.2) is 4.98 Å². The number of aromatic nitrogens is 1. The van der Waals surface area contributed by atoms with E-state index in [1.165, 1.54) is 24.1 Å². The van der Waals surface area contributed by atoms with Gasteiger partial charge in [-0.15, -0.1) is 0 Å². The number of pyridine rings is 1. The Labute approximate surface area is 117 Å². The number of hydrogen-bond donors (Lipinski definition) is 1. The molecular formula is C16H27N3. The molecule has 1 saturated carbocycles. The highest BCUT2D eigenvalue weighted by Gasteiger charge is 2.27. The van der Waals surface area contributed by atoms with E-state index >= 15 is 0 Å². The summed E-state index contributed by atoms with van der Waals surface area (Å²) in [6.45, 7) is 9.71. The normalized spacial score (nSPS) is 15.3. The monoisotopic (exact) mass is 261 g/mol. The van der Waals surface area contributed by atoms with Crippen molar-refractivity contribution in [3.63, 3.8) is 0 Å². The summed E-state index contributed by atoms with van der Waals surface area (Å²) >= 11 is 0. The van der Waals surface area contributed by atoms with Gasteiger partial charge in [0.25, 0.3) is 0 Å². The molecule has 1 aliphatic rings. The molecule has 19 heavy (non-hydrogen) atoms. The van der Waals surface area contributed by atoms with Crippen molar-refractivity contribution in [1.82, 2.24) is 10.3 Å². The summed E-state index contributed by atoms with van der Waals surface area (Å²) in [6.07, 6.45) is 2.62. The van der Waals surface area contributed by atoms with Gasteiger partial charge in [0.15, 0.2) is 0 Å². The third-order valence-electron chi connectivity index (χ3n) is 3.65. The first-order valence-corrected chi connectivity index (χ1v) is 7.44. The van der Waals surface area contributed by atoms with Gasteiger partial charge in [-0.2, -0.15) is 0 Å². The Kier molecular flexibility index (Phi) is 4.46. The number of nitrogens with one attached hydrogen (secondary N) is 1. The van der Waals surface area contributed by atoms with Crippen LogP contribution in [0.4, 0.5) is 5.82 Å². The topological polar surface area (TPSA) is 28.2 Å². The Bertz CT molecular complexity index is 422. The maximum absolute atomic E-state index is 4.82. The number of hydrogen-bond acceptors (Lipinski definition) is 3. The molecule has 0 saturated heterocycles. The van der Waals surface area contributed by atoms with Gasteiger partial charge >= 0.3 is 0 Å². The second-order valence-electron chi connectivity index (χ2n) is 6.29. The van der Waals surface area contributed by atoms with E-state index in [1.807, 2.05) is 0 Å². The highest BCUT2D eigenvalue weighted by molar-refractivity contribution is 5.44. The molecule has 0 aromatic carbocycles. The third kappa shape index (κ3) is 3.93. The van der Waals surface area contributed by atoms with E-state index < -0.39 is 0 Å². The molecule has 0 spiro atoms.